The number of halogens is 1. The zero-order valence-electron chi connectivity index (χ0n) is 9.69. The van der Waals surface area contributed by atoms with Crippen molar-refractivity contribution in [2.45, 2.75) is 6.10 Å². The first-order valence-electron chi connectivity index (χ1n) is 5.25. The van der Waals surface area contributed by atoms with Crippen LogP contribution in [0.1, 0.15) is 11.7 Å². The largest absolute Gasteiger partial charge is 0.387 e. The molecule has 1 atom stereocenters. The summed E-state index contributed by atoms with van der Waals surface area (Å²) < 4.78 is 0. The summed E-state index contributed by atoms with van der Waals surface area (Å²) in [6, 6.07) is 7.44. The minimum Gasteiger partial charge on any atom is -0.387 e. The van der Waals surface area contributed by atoms with E-state index in [4.69, 9.17) is 11.6 Å². The predicted molar refractivity (Wildman–Crippen MR) is 72.3 cm³/mol. The Bertz CT molecular complexity index is 322. The van der Waals surface area contributed by atoms with Crippen LogP contribution in [0.2, 0.25) is 5.02 Å². The van der Waals surface area contributed by atoms with Gasteiger partial charge in [-0.2, -0.15) is 11.8 Å². The molecule has 0 radical (unpaired) electrons. The molecule has 0 saturated carbocycles. The molecular formula is C12H18ClNOS. The van der Waals surface area contributed by atoms with E-state index >= 15 is 0 Å². The van der Waals surface area contributed by atoms with Crippen molar-refractivity contribution in [1.82, 2.24) is 4.90 Å². The predicted octanol–water partition coefficient (Wildman–Crippen LogP) is 2.67. The first-order valence-corrected chi connectivity index (χ1v) is 7.02. The number of aliphatic hydroxyl groups is 1. The SMILES string of the molecule is CSCCN(C)CC(O)c1ccccc1Cl. The normalized spacial score (nSPS) is 13.1. The molecule has 1 aromatic rings. The van der Waals surface area contributed by atoms with Crippen LogP contribution in [0.25, 0.3) is 0 Å². The monoisotopic (exact) mass is 259 g/mol. The van der Waals surface area contributed by atoms with Gasteiger partial charge >= 0.3 is 0 Å². The van der Waals surface area contributed by atoms with Gasteiger partial charge in [0.15, 0.2) is 0 Å². The van der Waals surface area contributed by atoms with Gasteiger partial charge in [-0.15, -0.1) is 0 Å². The van der Waals surface area contributed by atoms with Crippen molar-refractivity contribution in [3.8, 4) is 0 Å². The van der Waals surface area contributed by atoms with Crippen molar-refractivity contribution in [3.05, 3.63) is 34.9 Å². The maximum Gasteiger partial charge on any atom is 0.0931 e. The van der Waals surface area contributed by atoms with Crippen LogP contribution in [0.5, 0.6) is 0 Å². The molecule has 4 heteroatoms. The Morgan fingerprint density at radius 3 is 2.75 bits per heavy atom. The van der Waals surface area contributed by atoms with E-state index in [9.17, 15) is 5.11 Å². The van der Waals surface area contributed by atoms with Gasteiger partial charge < -0.3 is 10.0 Å². The van der Waals surface area contributed by atoms with Crippen molar-refractivity contribution >= 4 is 23.4 Å². The fourth-order valence-electron chi connectivity index (χ4n) is 1.48. The molecule has 1 N–H and O–H groups in total. The molecule has 1 aromatic carbocycles. The fourth-order valence-corrected chi connectivity index (χ4v) is 2.23. The van der Waals surface area contributed by atoms with Crippen molar-refractivity contribution in [3.63, 3.8) is 0 Å². The van der Waals surface area contributed by atoms with Gasteiger partial charge in [0.2, 0.25) is 0 Å². The molecule has 1 unspecified atom stereocenters. The average Bonchev–Trinajstić information content (AvgIpc) is 2.26. The number of likely N-dealkylation sites (N-methyl/N-ethyl adjacent to an activating group) is 1. The number of benzene rings is 1. The van der Waals surface area contributed by atoms with Gasteiger partial charge in [-0.05, 0) is 19.4 Å². The van der Waals surface area contributed by atoms with Crippen molar-refractivity contribution < 1.29 is 5.11 Å². The van der Waals surface area contributed by atoms with Crippen LogP contribution < -0.4 is 0 Å². The molecule has 90 valence electrons. The van der Waals surface area contributed by atoms with Crippen molar-refractivity contribution in [2.24, 2.45) is 0 Å². The van der Waals surface area contributed by atoms with E-state index < -0.39 is 6.10 Å². The van der Waals surface area contributed by atoms with Crippen LogP contribution in [0.3, 0.4) is 0 Å². The Morgan fingerprint density at radius 2 is 2.12 bits per heavy atom. The Balaban J connectivity index is 2.52. The highest BCUT2D eigenvalue weighted by molar-refractivity contribution is 7.98. The lowest BCUT2D eigenvalue weighted by Gasteiger charge is -2.20. The second-order valence-corrected chi connectivity index (χ2v) is 5.19. The fraction of sp³-hybridized carbons (Fsp3) is 0.500. The molecule has 16 heavy (non-hydrogen) atoms. The number of nitrogens with zero attached hydrogens (tertiary/aromatic N) is 1. The van der Waals surface area contributed by atoms with E-state index in [0.717, 1.165) is 17.9 Å². The second-order valence-electron chi connectivity index (χ2n) is 3.79. The molecule has 0 saturated heterocycles. The molecular weight excluding hydrogens is 242 g/mol. The standard InChI is InChI=1S/C12H18ClNOS/c1-14(7-8-16-2)9-12(15)10-5-3-4-6-11(10)13/h3-6,12,15H,7-9H2,1-2H3. The molecule has 0 aromatic heterocycles. The Morgan fingerprint density at radius 1 is 1.44 bits per heavy atom. The zero-order chi connectivity index (χ0) is 12.0. The lowest BCUT2D eigenvalue weighted by molar-refractivity contribution is 0.130. The molecule has 0 aliphatic carbocycles. The van der Waals surface area contributed by atoms with Gasteiger partial charge in [-0.1, -0.05) is 29.8 Å². The third kappa shape index (κ3) is 4.34. The molecule has 0 spiro atoms. The molecule has 0 heterocycles. The van der Waals surface area contributed by atoms with Crippen LogP contribution in [-0.2, 0) is 0 Å². The molecule has 0 bridgehead atoms. The number of hydrogen-bond donors (Lipinski definition) is 1. The van der Waals surface area contributed by atoms with E-state index in [2.05, 4.69) is 11.2 Å². The van der Waals surface area contributed by atoms with E-state index in [1.54, 1.807) is 11.8 Å². The minimum atomic E-state index is -0.513. The third-order valence-corrected chi connectivity index (χ3v) is 3.36. The highest BCUT2D eigenvalue weighted by Gasteiger charge is 2.12. The van der Waals surface area contributed by atoms with E-state index in [-0.39, 0.29) is 0 Å². The van der Waals surface area contributed by atoms with Gasteiger partial charge in [-0.25, -0.2) is 0 Å². The third-order valence-electron chi connectivity index (χ3n) is 2.43. The highest BCUT2D eigenvalue weighted by Crippen LogP contribution is 2.22. The maximum atomic E-state index is 10.0. The molecule has 0 aliphatic heterocycles. The maximum absolute atomic E-state index is 10.0. The van der Waals surface area contributed by atoms with Crippen LogP contribution in [-0.4, -0.2) is 42.2 Å². The lowest BCUT2D eigenvalue weighted by Crippen LogP contribution is -2.26. The van der Waals surface area contributed by atoms with E-state index in [1.807, 2.05) is 31.3 Å². The number of aliphatic hydroxyl groups excluding tert-OH is 1. The molecule has 0 aliphatic rings. The highest BCUT2D eigenvalue weighted by atomic mass is 35.5. The summed E-state index contributed by atoms with van der Waals surface area (Å²) in [5, 5.41) is 10.7. The molecule has 0 amide bonds. The Kier molecular flexibility index (Phi) is 6.21. The summed E-state index contributed by atoms with van der Waals surface area (Å²) in [6.45, 7) is 1.59. The average molecular weight is 260 g/mol. The van der Waals surface area contributed by atoms with Crippen molar-refractivity contribution in [1.29, 1.82) is 0 Å². The van der Waals surface area contributed by atoms with Crippen molar-refractivity contribution in [2.75, 3.05) is 32.1 Å². The van der Waals surface area contributed by atoms with Crippen LogP contribution in [0.4, 0.5) is 0 Å². The summed E-state index contributed by atoms with van der Waals surface area (Å²) in [6.07, 6.45) is 1.57. The minimum absolute atomic E-state index is 0.513. The van der Waals surface area contributed by atoms with Crippen LogP contribution in [0, 0.1) is 0 Å². The number of rotatable bonds is 6. The van der Waals surface area contributed by atoms with Crippen LogP contribution in [0.15, 0.2) is 24.3 Å². The van der Waals surface area contributed by atoms with Gasteiger partial charge in [0.1, 0.15) is 0 Å². The lowest BCUT2D eigenvalue weighted by atomic mass is 10.1. The topological polar surface area (TPSA) is 23.5 Å². The molecule has 0 fully saturated rings. The first-order chi connectivity index (χ1) is 7.65. The molecule has 1 rings (SSSR count). The number of thioether (sulfide) groups is 1. The van der Waals surface area contributed by atoms with Gasteiger partial charge in [-0.3, -0.25) is 0 Å². The van der Waals surface area contributed by atoms with E-state index in [1.165, 1.54) is 0 Å². The summed E-state index contributed by atoms with van der Waals surface area (Å²) in [4.78, 5) is 2.12. The quantitative estimate of drug-likeness (QED) is 0.850. The Labute approximate surface area is 107 Å². The smallest absolute Gasteiger partial charge is 0.0931 e. The van der Waals surface area contributed by atoms with Gasteiger partial charge in [0.05, 0.1) is 6.10 Å². The van der Waals surface area contributed by atoms with Gasteiger partial charge in [0.25, 0.3) is 0 Å². The van der Waals surface area contributed by atoms with Gasteiger partial charge in [0, 0.05) is 29.4 Å². The second kappa shape index (κ2) is 7.17. The van der Waals surface area contributed by atoms with E-state index in [0.29, 0.717) is 11.6 Å². The summed E-state index contributed by atoms with van der Waals surface area (Å²) in [7, 11) is 2.01. The first kappa shape index (κ1) is 13.8. The summed E-state index contributed by atoms with van der Waals surface area (Å²) >= 11 is 7.83. The Hall–Kier alpha value is -0.220. The van der Waals surface area contributed by atoms with Crippen LogP contribution >= 0.6 is 23.4 Å². The summed E-state index contributed by atoms with van der Waals surface area (Å²) in [5.41, 5.74) is 0.806. The zero-order valence-corrected chi connectivity index (χ0v) is 11.3. The molecule has 2 nitrogen and oxygen atoms in total. The summed E-state index contributed by atoms with van der Waals surface area (Å²) in [5.74, 6) is 1.08. The number of hydrogen-bond acceptors (Lipinski definition) is 3.